The Morgan fingerprint density at radius 3 is 2.14 bits per heavy atom. The number of anilines is 1. The highest BCUT2D eigenvalue weighted by Crippen LogP contribution is 2.23. The lowest BCUT2D eigenvalue weighted by Gasteiger charge is -2.19. The van der Waals surface area contributed by atoms with Crippen LogP contribution in [0.2, 0.25) is 0 Å². The second-order valence-corrected chi connectivity index (χ2v) is 8.57. The van der Waals surface area contributed by atoms with Crippen LogP contribution in [-0.2, 0) is 20.8 Å². The fraction of sp³-hybridized carbons (Fsp3) is 0.292. The summed E-state index contributed by atoms with van der Waals surface area (Å²) in [5.74, 6) is -0.207. The highest BCUT2D eigenvalue weighted by molar-refractivity contribution is 6.03. The summed E-state index contributed by atoms with van der Waals surface area (Å²) in [6, 6.07) is 9.94. The Bertz CT molecular complexity index is 1340. The summed E-state index contributed by atoms with van der Waals surface area (Å²) < 4.78 is 15.6. The van der Waals surface area contributed by atoms with Gasteiger partial charge in [0.25, 0.3) is 0 Å². The number of aromatic nitrogens is 2. The predicted molar refractivity (Wildman–Crippen MR) is 129 cm³/mol. The van der Waals surface area contributed by atoms with Gasteiger partial charge in [0.2, 0.25) is 0 Å². The molecule has 4 rings (SSSR count). The van der Waals surface area contributed by atoms with Gasteiger partial charge in [0.05, 0.1) is 37.4 Å². The quantitative estimate of drug-likeness (QED) is 0.414. The van der Waals surface area contributed by atoms with E-state index in [0.717, 1.165) is 15.8 Å². The van der Waals surface area contributed by atoms with E-state index in [4.69, 9.17) is 16.2 Å². The van der Waals surface area contributed by atoms with E-state index in [0.29, 0.717) is 34.4 Å². The van der Waals surface area contributed by atoms with Crippen LogP contribution in [-0.4, -0.2) is 53.5 Å². The summed E-state index contributed by atoms with van der Waals surface area (Å²) in [5, 5.41) is 4.46. The zero-order valence-corrected chi connectivity index (χ0v) is 20.1. The van der Waals surface area contributed by atoms with E-state index < -0.39 is 17.7 Å². The number of nitrogens with two attached hydrogens (primary N) is 2. The van der Waals surface area contributed by atoms with Crippen molar-refractivity contribution in [3.8, 4) is 0 Å². The number of carbonyl (C=O) groups excluding carboxylic acids is 3. The van der Waals surface area contributed by atoms with E-state index in [2.05, 4.69) is 19.6 Å². The zero-order valence-electron chi connectivity index (χ0n) is 20.1. The molecule has 0 fully saturated rings. The largest absolute Gasteiger partial charge is 0.465 e. The molecular formula is C24H27N5O6. The smallest absolute Gasteiger partial charge is 0.435 e. The van der Waals surface area contributed by atoms with Crippen LogP contribution < -0.4 is 11.5 Å². The number of hydrogen-bond donors (Lipinski definition) is 2. The second-order valence-electron chi connectivity index (χ2n) is 8.57. The molecule has 11 nitrogen and oxygen atoms in total. The van der Waals surface area contributed by atoms with Gasteiger partial charge in [-0.25, -0.2) is 14.4 Å². The molecule has 1 aliphatic rings. The summed E-state index contributed by atoms with van der Waals surface area (Å²) in [6.45, 7) is 5.88. The van der Waals surface area contributed by atoms with E-state index in [9.17, 15) is 14.4 Å². The van der Waals surface area contributed by atoms with Crippen LogP contribution in [0.4, 0.5) is 10.6 Å². The van der Waals surface area contributed by atoms with Crippen LogP contribution in [0, 0.1) is 0 Å². The molecule has 0 saturated carbocycles. The monoisotopic (exact) mass is 481 g/mol. The van der Waals surface area contributed by atoms with E-state index in [1.54, 1.807) is 39.0 Å². The van der Waals surface area contributed by atoms with E-state index in [-0.39, 0.29) is 11.8 Å². The summed E-state index contributed by atoms with van der Waals surface area (Å²) >= 11 is 0. The molecule has 1 aliphatic heterocycles. The van der Waals surface area contributed by atoms with Crippen LogP contribution in [0.3, 0.4) is 0 Å². The van der Waals surface area contributed by atoms with Gasteiger partial charge in [0.1, 0.15) is 11.4 Å². The third kappa shape index (κ3) is 5.57. The highest BCUT2D eigenvalue weighted by atomic mass is 16.6. The minimum Gasteiger partial charge on any atom is -0.465 e. The molecule has 2 aromatic carbocycles. The summed E-state index contributed by atoms with van der Waals surface area (Å²) in [7, 11) is 2.65. The molecule has 3 aromatic rings. The lowest BCUT2D eigenvalue weighted by Crippen LogP contribution is -2.27. The number of nitrogen functional groups attached to an aromatic ring is 1. The van der Waals surface area contributed by atoms with Gasteiger partial charge in [0, 0.05) is 10.9 Å². The average molecular weight is 482 g/mol. The first-order valence-corrected chi connectivity index (χ1v) is 10.6. The molecule has 0 atom stereocenters. The van der Waals surface area contributed by atoms with Crippen molar-refractivity contribution in [2.24, 2.45) is 10.7 Å². The van der Waals surface area contributed by atoms with Crippen molar-refractivity contribution in [2.45, 2.75) is 32.9 Å². The van der Waals surface area contributed by atoms with Gasteiger partial charge in [-0.3, -0.25) is 4.99 Å². The Morgan fingerprint density at radius 1 is 0.943 bits per heavy atom. The molecule has 1 aromatic heterocycles. The number of aliphatic imine (C=N–C) groups is 1. The average Bonchev–Trinajstić information content (AvgIpc) is 3.36. The lowest BCUT2D eigenvalue weighted by atomic mass is 10.1. The standard InChI is InChI=1S/C14H17N3O4.C10H10N2O2/c1-14(2,3)21-13(19)17-10-6-5-8(12(18)20-4)7-9(10)11(15)16-17;1-14-10(13)6-2-3-7-5-12-9(11)8(7)4-6/h5-7H,1-4H3,(H2,15,16);2-4H,5H2,1H3,(H2,11,12). The molecule has 4 N–H and O–H groups in total. The van der Waals surface area contributed by atoms with Gasteiger partial charge in [-0.15, -0.1) is 5.10 Å². The van der Waals surface area contributed by atoms with Crippen LogP contribution in [0.25, 0.3) is 10.9 Å². The summed E-state index contributed by atoms with van der Waals surface area (Å²) in [6.07, 6.45) is -0.630. The van der Waals surface area contributed by atoms with Gasteiger partial charge in [-0.2, -0.15) is 4.68 Å². The van der Waals surface area contributed by atoms with Gasteiger partial charge in [0.15, 0.2) is 5.82 Å². The Morgan fingerprint density at radius 2 is 1.54 bits per heavy atom. The third-order valence-corrected chi connectivity index (χ3v) is 4.92. The first kappa shape index (κ1) is 25.2. The number of esters is 2. The SMILES string of the molecule is COC(=O)c1ccc2c(c1)C(N)=NC2.COC(=O)c1ccc2c(c1)c(N)nn2C(=O)OC(C)(C)C. The predicted octanol–water partition coefficient (Wildman–Crippen LogP) is 2.88. The Balaban J connectivity index is 0.000000211. The molecule has 0 aliphatic carbocycles. The van der Waals surface area contributed by atoms with Gasteiger partial charge in [-0.05, 0) is 56.7 Å². The number of hydrogen-bond acceptors (Lipinski definition) is 10. The first-order valence-electron chi connectivity index (χ1n) is 10.6. The normalized spacial score (nSPS) is 12.2. The number of amidine groups is 1. The molecule has 0 spiro atoms. The first-order chi connectivity index (χ1) is 16.4. The highest BCUT2D eigenvalue weighted by Gasteiger charge is 2.22. The minimum absolute atomic E-state index is 0.140. The van der Waals surface area contributed by atoms with Crippen molar-refractivity contribution in [2.75, 3.05) is 20.0 Å². The summed E-state index contributed by atoms with van der Waals surface area (Å²) in [4.78, 5) is 38.9. The molecule has 35 heavy (non-hydrogen) atoms. The molecule has 2 heterocycles. The number of fused-ring (bicyclic) bond motifs is 2. The molecule has 0 bridgehead atoms. The maximum Gasteiger partial charge on any atom is 0.435 e. The van der Waals surface area contributed by atoms with Crippen molar-refractivity contribution < 1.29 is 28.6 Å². The molecule has 0 unspecified atom stereocenters. The molecule has 0 amide bonds. The van der Waals surface area contributed by atoms with Crippen molar-refractivity contribution in [3.63, 3.8) is 0 Å². The third-order valence-electron chi connectivity index (χ3n) is 4.92. The fourth-order valence-corrected chi connectivity index (χ4v) is 3.28. The van der Waals surface area contributed by atoms with Gasteiger partial charge in [-0.1, -0.05) is 6.07 Å². The number of methoxy groups -OCH3 is 2. The minimum atomic E-state index is -0.643. The Kier molecular flexibility index (Phi) is 7.09. The Hall–Kier alpha value is -4.41. The van der Waals surface area contributed by atoms with E-state index in [1.807, 2.05) is 6.07 Å². The fourth-order valence-electron chi connectivity index (χ4n) is 3.28. The molecule has 184 valence electrons. The summed E-state index contributed by atoms with van der Waals surface area (Å²) in [5.41, 5.74) is 14.0. The number of carbonyl (C=O) groups is 3. The topological polar surface area (TPSA) is 161 Å². The van der Waals surface area contributed by atoms with Gasteiger partial charge >= 0.3 is 18.0 Å². The van der Waals surface area contributed by atoms with E-state index >= 15 is 0 Å². The number of rotatable bonds is 2. The van der Waals surface area contributed by atoms with Crippen LogP contribution in [0.15, 0.2) is 41.4 Å². The van der Waals surface area contributed by atoms with Gasteiger partial charge < -0.3 is 25.7 Å². The maximum atomic E-state index is 12.1. The molecular weight excluding hydrogens is 454 g/mol. The van der Waals surface area contributed by atoms with Crippen molar-refractivity contribution >= 4 is 40.6 Å². The second kappa shape index (κ2) is 9.84. The number of benzene rings is 2. The number of nitrogens with zero attached hydrogens (tertiary/aromatic N) is 3. The van der Waals surface area contributed by atoms with Crippen LogP contribution in [0.1, 0.15) is 52.6 Å². The number of ether oxygens (including phenoxy) is 3. The maximum absolute atomic E-state index is 12.1. The molecule has 0 saturated heterocycles. The molecule has 0 radical (unpaired) electrons. The molecule has 11 heteroatoms. The van der Waals surface area contributed by atoms with E-state index in [1.165, 1.54) is 26.4 Å². The van der Waals surface area contributed by atoms with Crippen molar-refractivity contribution in [1.82, 2.24) is 9.78 Å². The zero-order chi connectivity index (χ0) is 25.9. The Labute approximate surface area is 201 Å². The van der Waals surface area contributed by atoms with Crippen molar-refractivity contribution in [3.05, 3.63) is 58.7 Å². The van der Waals surface area contributed by atoms with Crippen molar-refractivity contribution in [1.29, 1.82) is 0 Å². The van der Waals surface area contributed by atoms with Crippen LogP contribution >= 0.6 is 0 Å². The van der Waals surface area contributed by atoms with Crippen LogP contribution in [0.5, 0.6) is 0 Å². The lowest BCUT2D eigenvalue weighted by molar-refractivity contribution is 0.0521.